The predicted octanol–water partition coefficient (Wildman–Crippen LogP) is 3.73. The van der Waals surface area contributed by atoms with Crippen LogP contribution in [0.3, 0.4) is 0 Å². The Morgan fingerprint density at radius 2 is 2.22 bits per heavy atom. The van der Waals surface area contributed by atoms with E-state index in [-0.39, 0.29) is 0 Å². The second-order valence-electron chi connectivity index (χ2n) is 5.37. The van der Waals surface area contributed by atoms with E-state index in [4.69, 9.17) is 16.3 Å². The van der Waals surface area contributed by atoms with Crippen LogP contribution < -0.4 is 4.74 Å². The molecule has 18 heavy (non-hydrogen) atoms. The maximum atomic E-state index is 5.79. The van der Waals surface area contributed by atoms with E-state index in [0.717, 1.165) is 23.9 Å². The van der Waals surface area contributed by atoms with Gasteiger partial charge >= 0.3 is 6.01 Å². The smallest absolute Gasteiger partial charge is 0.316 e. The van der Waals surface area contributed by atoms with Crippen molar-refractivity contribution in [1.29, 1.82) is 0 Å². The van der Waals surface area contributed by atoms with Gasteiger partial charge in [-0.3, -0.25) is 0 Å². The first kappa shape index (κ1) is 13.6. The maximum Gasteiger partial charge on any atom is 0.316 e. The van der Waals surface area contributed by atoms with Crippen LogP contribution in [0.1, 0.15) is 44.0 Å². The minimum Gasteiger partial charge on any atom is -0.463 e. The van der Waals surface area contributed by atoms with Crippen molar-refractivity contribution in [3.63, 3.8) is 0 Å². The molecule has 2 rings (SSSR count). The van der Waals surface area contributed by atoms with Gasteiger partial charge in [-0.2, -0.15) is 4.98 Å². The number of halogens is 1. The third kappa shape index (κ3) is 3.84. The van der Waals surface area contributed by atoms with Crippen LogP contribution in [0.15, 0.2) is 6.07 Å². The van der Waals surface area contributed by atoms with E-state index in [9.17, 15) is 0 Å². The number of aryl methyl sites for hydroxylation is 1. The quantitative estimate of drug-likeness (QED) is 0.781. The van der Waals surface area contributed by atoms with Crippen molar-refractivity contribution in [3.05, 3.63) is 17.5 Å². The van der Waals surface area contributed by atoms with Crippen LogP contribution in [0.5, 0.6) is 6.01 Å². The van der Waals surface area contributed by atoms with Gasteiger partial charge in [0.1, 0.15) is 0 Å². The summed E-state index contributed by atoms with van der Waals surface area (Å²) in [5, 5.41) is 0. The Balaban J connectivity index is 1.91. The van der Waals surface area contributed by atoms with Crippen molar-refractivity contribution in [2.75, 3.05) is 6.61 Å². The zero-order chi connectivity index (χ0) is 13.0. The van der Waals surface area contributed by atoms with Gasteiger partial charge in [0, 0.05) is 5.69 Å². The lowest BCUT2D eigenvalue weighted by molar-refractivity contribution is 0.172. The Morgan fingerprint density at radius 1 is 1.39 bits per heavy atom. The van der Waals surface area contributed by atoms with E-state index >= 15 is 0 Å². The highest BCUT2D eigenvalue weighted by molar-refractivity contribution is 6.16. The molecule has 1 saturated carbocycles. The number of rotatable bonds is 4. The minimum absolute atomic E-state index is 0.403. The average Bonchev–Trinajstić information content (AvgIpc) is 2.36. The Morgan fingerprint density at radius 3 is 2.94 bits per heavy atom. The summed E-state index contributed by atoms with van der Waals surface area (Å²) in [6.45, 7) is 4.99. The van der Waals surface area contributed by atoms with Crippen LogP contribution in [-0.2, 0) is 5.88 Å². The predicted molar refractivity (Wildman–Crippen MR) is 72.9 cm³/mol. The fourth-order valence-corrected chi connectivity index (χ4v) is 2.78. The first-order valence-corrected chi connectivity index (χ1v) is 7.24. The van der Waals surface area contributed by atoms with E-state index in [1.165, 1.54) is 25.7 Å². The fourth-order valence-electron chi connectivity index (χ4n) is 2.64. The molecule has 0 saturated heterocycles. The molecule has 0 spiro atoms. The molecule has 2 atom stereocenters. The van der Waals surface area contributed by atoms with Gasteiger partial charge in [-0.1, -0.05) is 19.8 Å². The zero-order valence-corrected chi connectivity index (χ0v) is 11.9. The fraction of sp³-hybridized carbons (Fsp3) is 0.714. The lowest BCUT2D eigenvalue weighted by atomic mass is 9.83. The SMILES string of the molecule is Cc1cc(CCl)nc(OCC2CCCC(C)C2)n1. The average molecular weight is 269 g/mol. The number of alkyl halides is 1. The van der Waals surface area contributed by atoms with Gasteiger partial charge in [0.15, 0.2) is 0 Å². The van der Waals surface area contributed by atoms with Gasteiger partial charge in [-0.25, -0.2) is 4.98 Å². The number of hydrogen-bond acceptors (Lipinski definition) is 3. The first-order chi connectivity index (χ1) is 8.67. The molecule has 0 radical (unpaired) electrons. The Hall–Kier alpha value is -0.830. The molecule has 3 nitrogen and oxygen atoms in total. The lowest BCUT2D eigenvalue weighted by Gasteiger charge is -2.26. The minimum atomic E-state index is 0.403. The molecule has 1 heterocycles. The molecule has 1 aliphatic carbocycles. The highest BCUT2D eigenvalue weighted by Gasteiger charge is 2.19. The van der Waals surface area contributed by atoms with E-state index in [2.05, 4.69) is 16.9 Å². The molecule has 1 aromatic rings. The summed E-state index contributed by atoms with van der Waals surface area (Å²) in [5.41, 5.74) is 1.74. The van der Waals surface area contributed by atoms with Gasteiger partial charge in [-0.05, 0) is 37.7 Å². The Labute approximate surface area is 114 Å². The van der Waals surface area contributed by atoms with Gasteiger partial charge in [0.2, 0.25) is 0 Å². The van der Waals surface area contributed by atoms with E-state index in [1.54, 1.807) is 0 Å². The number of hydrogen-bond donors (Lipinski definition) is 0. The topological polar surface area (TPSA) is 35.0 Å². The van der Waals surface area contributed by atoms with Gasteiger partial charge in [0.25, 0.3) is 0 Å². The zero-order valence-electron chi connectivity index (χ0n) is 11.2. The van der Waals surface area contributed by atoms with Crippen molar-refractivity contribution in [3.8, 4) is 6.01 Å². The molecular formula is C14H21ClN2O. The summed E-state index contributed by atoms with van der Waals surface area (Å²) in [6.07, 6.45) is 5.19. The lowest BCUT2D eigenvalue weighted by Crippen LogP contribution is -2.20. The molecule has 1 aromatic heterocycles. The molecule has 0 amide bonds. The molecular weight excluding hydrogens is 248 g/mol. The first-order valence-electron chi connectivity index (χ1n) is 6.70. The van der Waals surface area contributed by atoms with Gasteiger partial charge in [0.05, 0.1) is 18.2 Å². The van der Waals surface area contributed by atoms with E-state index in [1.807, 2.05) is 13.0 Å². The second-order valence-corrected chi connectivity index (χ2v) is 5.63. The third-order valence-corrected chi connectivity index (χ3v) is 3.79. The normalized spacial score (nSPS) is 23.9. The maximum absolute atomic E-state index is 5.79. The van der Waals surface area contributed by atoms with Crippen molar-refractivity contribution < 1.29 is 4.74 Å². The standard InChI is InChI=1S/C14H21ClN2O/c1-10-4-3-5-12(6-10)9-18-14-16-11(2)7-13(8-15)17-14/h7,10,12H,3-6,8-9H2,1-2H3. The van der Waals surface area contributed by atoms with Crippen LogP contribution in [0.2, 0.25) is 0 Å². The number of nitrogens with zero attached hydrogens (tertiary/aromatic N) is 2. The summed E-state index contributed by atoms with van der Waals surface area (Å²) in [7, 11) is 0. The molecule has 100 valence electrons. The molecule has 0 N–H and O–H groups in total. The molecule has 2 unspecified atom stereocenters. The van der Waals surface area contributed by atoms with Gasteiger partial charge < -0.3 is 4.74 Å². The third-order valence-electron chi connectivity index (χ3n) is 3.52. The van der Waals surface area contributed by atoms with Crippen LogP contribution >= 0.6 is 11.6 Å². The highest BCUT2D eigenvalue weighted by atomic mass is 35.5. The number of ether oxygens (including phenoxy) is 1. The van der Waals surface area contributed by atoms with Crippen molar-refractivity contribution in [1.82, 2.24) is 9.97 Å². The summed E-state index contributed by atoms with van der Waals surface area (Å²) in [4.78, 5) is 8.58. The molecule has 1 fully saturated rings. The molecule has 4 heteroatoms. The second kappa shape index (κ2) is 6.37. The van der Waals surface area contributed by atoms with Crippen molar-refractivity contribution >= 4 is 11.6 Å². The van der Waals surface area contributed by atoms with Crippen LogP contribution in [0, 0.1) is 18.8 Å². The molecule has 1 aliphatic rings. The summed E-state index contributed by atoms with van der Waals surface area (Å²) in [6, 6.07) is 2.37. The highest BCUT2D eigenvalue weighted by Crippen LogP contribution is 2.28. The van der Waals surface area contributed by atoms with Gasteiger partial charge in [-0.15, -0.1) is 11.6 Å². The monoisotopic (exact) mass is 268 g/mol. The molecule has 0 bridgehead atoms. The van der Waals surface area contributed by atoms with Crippen molar-refractivity contribution in [2.45, 2.75) is 45.4 Å². The summed E-state index contributed by atoms with van der Waals surface area (Å²) >= 11 is 5.79. The Bertz CT molecular complexity index is 397. The van der Waals surface area contributed by atoms with Crippen molar-refractivity contribution in [2.24, 2.45) is 11.8 Å². The van der Waals surface area contributed by atoms with E-state index < -0.39 is 0 Å². The number of aromatic nitrogens is 2. The van der Waals surface area contributed by atoms with Crippen LogP contribution in [0.25, 0.3) is 0 Å². The van der Waals surface area contributed by atoms with Crippen LogP contribution in [0.4, 0.5) is 0 Å². The molecule has 0 aliphatic heterocycles. The largest absolute Gasteiger partial charge is 0.463 e. The summed E-state index contributed by atoms with van der Waals surface area (Å²) in [5.74, 6) is 1.88. The van der Waals surface area contributed by atoms with E-state index in [0.29, 0.717) is 17.8 Å². The summed E-state index contributed by atoms with van der Waals surface area (Å²) < 4.78 is 5.74. The molecule has 0 aromatic carbocycles. The van der Waals surface area contributed by atoms with Crippen LogP contribution in [-0.4, -0.2) is 16.6 Å². The Kier molecular flexibility index (Phi) is 4.81.